The molecule has 0 radical (unpaired) electrons. The zero-order chi connectivity index (χ0) is 26.2. The molecule has 1 rings (SSSR count). The van der Waals surface area contributed by atoms with Gasteiger partial charge in [0.05, 0.1) is 43.7 Å². The number of carbonyl (C=O) groups excluding carboxylic acids is 3. The Balaban J connectivity index is 3.09. The fourth-order valence-corrected chi connectivity index (χ4v) is 4.79. The van der Waals surface area contributed by atoms with Crippen molar-refractivity contribution in [3.63, 3.8) is 0 Å². The second-order valence-corrected chi connectivity index (χ2v) is 10.3. The largest absolute Gasteiger partial charge is 0.469 e. The van der Waals surface area contributed by atoms with Crippen molar-refractivity contribution in [3.8, 4) is 0 Å². The van der Waals surface area contributed by atoms with Crippen molar-refractivity contribution in [1.82, 2.24) is 9.80 Å². The van der Waals surface area contributed by atoms with Gasteiger partial charge >= 0.3 is 12.1 Å². The van der Waals surface area contributed by atoms with Gasteiger partial charge in [0.2, 0.25) is 5.91 Å². The van der Waals surface area contributed by atoms with Gasteiger partial charge in [0, 0.05) is 27.8 Å². The molecule has 0 aromatic carbocycles. The first-order valence-electron chi connectivity index (χ1n) is 12.2. The van der Waals surface area contributed by atoms with E-state index in [9.17, 15) is 14.4 Å². The van der Waals surface area contributed by atoms with E-state index in [1.807, 2.05) is 34.6 Å². The Morgan fingerprint density at radius 3 is 2.18 bits per heavy atom. The molecule has 0 aromatic rings. The maximum Gasteiger partial charge on any atom is 0.410 e. The predicted octanol–water partition coefficient (Wildman–Crippen LogP) is 3.49. The normalized spacial score (nSPS) is 20.8. The molecule has 6 atom stereocenters. The molecular weight excluding hydrogens is 440 g/mol. The number of ether oxygens (including phenoxy) is 4. The molecule has 1 heterocycles. The van der Waals surface area contributed by atoms with Crippen molar-refractivity contribution >= 4 is 18.0 Å². The van der Waals surface area contributed by atoms with Gasteiger partial charge in [-0.05, 0) is 46.5 Å². The number of carbonyl (C=O) groups is 3. The highest BCUT2D eigenvalue weighted by Crippen LogP contribution is 2.29. The Morgan fingerprint density at radius 1 is 1.09 bits per heavy atom. The second kappa shape index (κ2) is 13.3. The van der Waals surface area contributed by atoms with Crippen LogP contribution in [0.25, 0.3) is 0 Å². The Morgan fingerprint density at radius 2 is 1.71 bits per heavy atom. The topological polar surface area (TPSA) is 94.6 Å². The maximum atomic E-state index is 13.5. The third kappa shape index (κ3) is 7.83. The number of methoxy groups -OCH3 is 3. The average Bonchev–Trinajstić information content (AvgIpc) is 3.26. The van der Waals surface area contributed by atoms with Crippen LogP contribution in [0, 0.1) is 11.8 Å². The van der Waals surface area contributed by atoms with E-state index in [4.69, 9.17) is 18.9 Å². The van der Waals surface area contributed by atoms with Crippen LogP contribution < -0.4 is 0 Å². The molecule has 0 bridgehead atoms. The van der Waals surface area contributed by atoms with E-state index in [1.54, 1.807) is 38.0 Å². The molecule has 0 spiro atoms. The van der Waals surface area contributed by atoms with E-state index in [-0.39, 0.29) is 36.3 Å². The van der Waals surface area contributed by atoms with Crippen LogP contribution >= 0.6 is 0 Å². The highest BCUT2D eigenvalue weighted by Gasteiger charge is 2.42. The third-order valence-corrected chi connectivity index (χ3v) is 6.75. The first-order chi connectivity index (χ1) is 15.8. The zero-order valence-electron chi connectivity index (χ0n) is 22.8. The van der Waals surface area contributed by atoms with Crippen molar-refractivity contribution in [2.24, 2.45) is 11.8 Å². The van der Waals surface area contributed by atoms with Crippen LogP contribution in [0.1, 0.15) is 67.2 Å². The van der Waals surface area contributed by atoms with E-state index >= 15 is 0 Å². The van der Waals surface area contributed by atoms with Gasteiger partial charge in [-0.15, -0.1) is 0 Å². The van der Waals surface area contributed by atoms with Crippen molar-refractivity contribution < 1.29 is 33.3 Å². The van der Waals surface area contributed by atoms with Crippen LogP contribution in [0.4, 0.5) is 4.79 Å². The number of rotatable bonds is 11. The molecule has 1 aliphatic heterocycles. The van der Waals surface area contributed by atoms with E-state index in [0.717, 1.165) is 19.3 Å². The van der Waals surface area contributed by atoms with Crippen LogP contribution in [0.5, 0.6) is 0 Å². The first kappa shape index (κ1) is 30.2. The summed E-state index contributed by atoms with van der Waals surface area (Å²) in [5.74, 6) is -0.871. The molecule has 0 unspecified atom stereocenters. The van der Waals surface area contributed by atoms with Crippen molar-refractivity contribution in [1.29, 1.82) is 0 Å². The van der Waals surface area contributed by atoms with Crippen LogP contribution in [0.15, 0.2) is 0 Å². The number of hydrogen-bond donors (Lipinski definition) is 0. The van der Waals surface area contributed by atoms with E-state index in [2.05, 4.69) is 0 Å². The summed E-state index contributed by atoms with van der Waals surface area (Å²) in [5, 5.41) is 0. The highest BCUT2D eigenvalue weighted by molar-refractivity contribution is 5.78. The van der Waals surface area contributed by atoms with Gasteiger partial charge in [-0.25, -0.2) is 4.79 Å². The summed E-state index contributed by atoms with van der Waals surface area (Å²) >= 11 is 0. The summed E-state index contributed by atoms with van der Waals surface area (Å²) < 4.78 is 21.9. The Hall–Kier alpha value is -1.87. The molecule has 9 nitrogen and oxygen atoms in total. The molecule has 1 aliphatic rings. The van der Waals surface area contributed by atoms with Gasteiger partial charge in [0.1, 0.15) is 5.60 Å². The molecule has 1 saturated heterocycles. The lowest BCUT2D eigenvalue weighted by Crippen LogP contribution is -2.53. The van der Waals surface area contributed by atoms with E-state index in [0.29, 0.717) is 6.54 Å². The molecule has 2 amide bonds. The lowest BCUT2D eigenvalue weighted by Gasteiger charge is -2.39. The maximum absolute atomic E-state index is 13.5. The summed E-state index contributed by atoms with van der Waals surface area (Å²) in [6.07, 6.45) is 1.07. The Kier molecular flexibility index (Phi) is 11.8. The molecule has 1 fully saturated rings. The fourth-order valence-electron chi connectivity index (χ4n) is 4.79. The molecular formula is C25H46N2O7. The van der Waals surface area contributed by atoms with Crippen molar-refractivity contribution in [2.45, 2.75) is 97.1 Å². The molecule has 0 aromatic heterocycles. The van der Waals surface area contributed by atoms with Gasteiger partial charge in [0.15, 0.2) is 0 Å². The Labute approximate surface area is 205 Å². The number of hydrogen-bond acceptors (Lipinski definition) is 7. The van der Waals surface area contributed by atoms with Gasteiger partial charge in [-0.1, -0.05) is 20.3 Å². The van der Waals surface area contributed by atoms with Crippen LogP contribution in [0.3, 0.4) is 0 Å². The molecule has 0 N–H and O–H groups in total. The first-order valence-corrected chi connectivity index (χ1v) is 12.2. The monoisotopic (exact) mass is 486 g/mol. The van der Waals surface area contributed by atoms with Crippen LogP contribution in [-0.4, -0.2) is 92.6 Å². The third-order valence-electron chi connectivity index (χ3n) is 6.75. The molecule has 198 valence electrons. The minimum atomic E-state index is -0.627. The summed E-state index contributed by atoms with van der Waals surface area (Å²) in [4.78, 5) is 41.8. The minimum Gasteiger partial charge on any atom is -0.469 e. The second-order valence-electron chi connectivity index (χ2n) is 10.3. The van der Waals surface area contributed by atoms with Crippen LogP contribution in [0.2, 0.25) is 0 Å². The van der Waals surface area contributed by atoms with Gasteiger partial charge in [-0.2, -0.15) is 0 Å². The van der Waals surface area contributed by atoms with E-state index in [1.165, 1.54) is 7.11 Å². The molecule has 0 saturated carbocycles. The minimum absolute atomic E-state index is 0.0794. The lowest BCUT2D eigenvalue weighted by molar-refractivity contribution is -0.154. The number of esters is 1. The van der Waals surface area contributed by atoms with Gasteiger partial charge < -0.3 is 28.7 Å². The summed E-state index contributed by atoms with van der Waals surface area (Å²) in [6, 6.07) is -0.572. The molecule has 0 aliphatic carbocycles. The van der Waals surface area contributed by atoms with E-state index < -0.39 is 29.8 Å². The fraction of sp³-hybridized carbons (Fsp3) is 0.880. The molecule has 9 heteroatoms. The Bertz CT molecular complexity index is 679. The van der Waals surface area contributed by atoms with Gasteiger partial charge in [0.25, 0.3) is 0 Å². The lowest BCUT2D eigenvalue weighted by atomic mass is 9.90. The SMILES string of the molecule is CC[C@H](C)[C@@H]([C@@H](CC(=O)N1CCC[C@H]1[C@H](OC)[C@@H](C)C(=O)OC)OC)N(C)C(=O)OC(C)(C)C. The number of likely N-dealkylation sites (tertiary alicyclic amines) is 1. The number of likely N-dealkylation sites (N-methyl/N-ethyl adjacent to an activating group) is 1. The van der Waals surface area contributed by atoms with Gasteiger partial charge in [-0.3, -0.25) is 9.59 Å². The van der Waals surface area contributed by atoms with Crippen molar-refractivity contribution in [2.75, 3.05) is 34.9 Å². The standard InChI is InChI=1S/C25H46N2O7/c1-11-16(2)21(26(7)24(30)34-25(4,5)6)19(31-8)15-20(28)27-14-12-13-18(27)22(32-9)17(3)23(29)33-10/h16-19,21-22H,11-15H2,1-10H3/t16-,17+,18-,19+,21-,22+/m0/s1. The van der Waals surface area contributed by atoms with Crippen LogP contribution in [-0.2, 0) is 28.5 Å². The highest BCUT2D eigenvalue weighted by atomic mass is 16.6. The smallest absolute Gasteiger partial charge is 0.410 e. The predicted molar refractivity (Wildman–Crippen MR) is 129 cm³/mol. The average molecular weight is 487 g/mol. The summed E-state index contributed by atoms with van der Waals surface area (Å²) in [7, 11) is 6.16. The zero-order valence-corrected chi connectivity index (χ0v) is 22.8. The number of nitrogens with zero attached hydrogens (tertiary/aromatic N) is 2. The molecule has 34 heavy (non-hydrogen) atoms. The summed E-state index contributed by atoms with van der Waals surface area (Å²) in [6.45, 7) is 11.9. The number of amides is 2. The quantitative estimate of drug-likeness (QED) is 0.413. The van der Waals surface area contributed by atoms with Crippen molar-refractivity contribution in [3.05, 3.63) is 0 Å². The summed E-state index contributed by atoms with van der Waals surface area (Å²) in [5.41, 5.74) is -0.627.